The van der Waals surface area contributed by atoms with E-state index in [2.05, 4.69) is 0 Å². The highest BCUT2D eigenvalue weighted by Gasteiger charge is 2.16. The summed E-state index contributed by atoms with van der Waals surface area (Å²) in [7, 11) is 0. The lowest BCUT2D eigenvalue weighted by atomic mass is 10.0. The van der Waals surface area contributed by atoms with E-state index in [1.165, 1.54) is 23.5 Å². The zero-order valence-electron chi connectivity index (χ0n) is 11.6. The van der Waals surface area contributed by atoms with Crippen molar-refractivity contribution in [2.45, 2.75) is 19.2 Å². The summed E-state index contributed by atoms with van der Waals surface area (Å²) in [5, 5.41) is 0.612. The van der Waals surface area contributed by atoms with Crippen molar-refractivity contribution in [1.82, 2.24) is 0 Å². The number of benzene rings is 2. The fourth-order valence-corrected chi connectivity index (χ4v) is 3.86. The molecule has 3 rings (SSSR count). The van der Waals surface area contributed by atoms with Crippen LogP contribution in [0.2, 0.25) is 0 Å². The van der Waals surface area contributed by atoms with E-state index in [0.717, 1.165) is 20.5 Å². The first-order chi connectivity index (χ1) is 9.95. The number of rotatable bonds is 2. The first-order valence-corrected chi connectivity index (χ1v) is 7.80. The van der Waals surface area contributed by atoms with Gasteiger partial charge in [0.1, 0.15) is 11.6 Å². The van der Waals surface area contributed by atoms with Crippen LogP contribution in [0.1, 0.15) is 26.9 Å². The van der Waals surface area contributed by atoms with Gasteiger partial charge in [0, 0.05) is 9.58 Å². The molecule has 3 aromatic rings. The Morgan fingerprint density at radius 1 is 1.00 bits per heavy atom. The van der Waals surface area contributed by atoms with E-state index < -0.39 is 0 Å². The van der Waals surface area contributed by atoms with Gasteiger partial charge in [0.15, 0.2) is 0 Å². The van der Waals surface area contributed by atoms with Gasteiger partial charge in [-0.1, -0.05) is 18.2 Å². The monoisotopic (exact) mass is 322 g/mol. The van der Waals surface area contributed by atoms with Gasteiger partial charge >= 0.3 is 0 Å². The topological polar surface area (TPSA) is 0 Å². The minimum absolute atomic E-state index is 0.193. The highest BCUT2D eigenvalue weighted by Crippen LogP contribution is 2.38. The molecule has 0 bridgehead atoms. The van der Waals surface area contributed by atoms with Crippen molar-refractivity contribution in [3.05, 3.63) is 69.6 Å². The molecule has 0 saturated heterocycles. The minimum atomic E-state index is -0.358. The van der Waals surface area contributed by atoms with E-state index >= 15 is 0 Å². The van der Waals surface area contributed by atoms with Crippen LogP contribution in [0.4, 0.5) is 8.78 Å². The van der Waals surface area contributed by atoms with Gasteiger partial charge in [-0.2, -0.15) is 0 Å². The molecule has 1 unspecified atom stereocenters. The number of aryl methyl sites for hydroxylation is 2. The second kappa shape index (κ2) is 5.39. The zero-order valence-corrected chi connectivity index (χ0v) is 13.2. The molecular formula is C17H13ClF2S. The Morgan fingerprint density at radius 2 is 1.67 bits per heavy atom. The van der Waals surface area contributed by atoms with Crippen molar-refractivity contribution in [1.29, 1.82) is 0 Å². The molecule has 4 heteroatoms. The van der Waals surface area contributed by atoms with Crippen molar-refractivity contribution in [2.75, 3.05) is 0 Å². The van der Waals surface area contributed by atoms with Gasteiger partial charge < -0.3 is 0 Å². The van der Waals surface area contributed by atoms with Crippen LogP contribution in [0, 0.1) is 25.5 Å². The number of hydrogen-bond donors (Lipinski definition) is 0. The number of alkyl halides is 1. The maximum absolute atomic E-state index is 13.7. The highest BCUT2D eigenvalue weighted by atomic mass is 35.5. The van der Waals surface area contributed by atoms with E-state index in [9.17, 15) is 8.78 Å². The quantitative estimate of drug-likeness (QED) is 0.498. The molecule has 108 valence electrons. The molecule has 0 saturated carbocycles. The lowest BCUT2D eigenvalue weighted by Crippen LogP contribution is -1.96. The van der Waals surface area contributed by atoms with Crippen molar-refractivity contribution in [3.8, 4) is 0 Å². The van der Waals surface area contributed by atoms with Gasteiger partial charge in [-0.3, -0.25) is 0 Å². The van der Waals surface area contributed by atoms with Gasteiger partial charge in [0.05, 0.1) is 5.38 Å². The Labute approximate surface area is 131 Å². The second-order valence-corrected chi connectivity index (χ2v) is 6.71. The highest BCUT2D eigenvalue weighted by molar-refractivity contribution is 7.19. The van der Waals surface area contributed by atoms with E-state index in [4.69, 9.17) is 11.6 Å². The van der Waals surface area contributed by atoms with Gasteiger partial charge in [-0.15, -0.1) is 22.9 Å². The molecule has 1 aromatic heterocycles. The van der Waals surface area contributed by atoms with Crippen LogP contribution >= 0.6 is 22.9 Å². The Hall–Kier alpha value is -1.45. The van der Waals surface area contributed by atoms with Crippen molar-refractivity contribution in [2.24, 2.45) is 0 Å². The van der Waals surface area contributed by atoms with Crippen LogP contribution in [-0.2, 0) is 0 Å². The third-order valence-corrected chi connectivity index (χ3v) is 5.28. The molecule has 0 N–H and O–H groups in total. The predicted molar refractivity (Wildman–Crippen MR) is 85.4 cm³/mol. The van der Waals surface area contributed by atoms with Crippen molar-refractivity contribution >= 4 is 33.0 Å². The molecule has 0 fully saturated rings. The number of thiophene rings is 1. The lowest BCUT2D eigenvalue weighted by molar-refractivity contribution is 0.608. The van der Waals surface area contributed by atoms with Crippen molar-refractivity contribution < 1.29 is 8.78 Å². The van der Waals surface area contributed by atoms with E-state index in [1.54, 1.807) is 32.0 Å². The minimum Gasteiger partial charge on any atom is -0.207 e. The van der Waals surface area contributed by atoms with Gasteiger partial charge in [0.2, 0.25) is 0 Å². The van der Waals surface area contributed by atoms with Crippen LogP contribution in [0.5, 0.6) is 0 Å². The standard InChI is InChI=1S/C17H13ClF2S/c1-9-5-12(6-10(2)17(9)20)16(18)15-7-11-3-4-13(19)8-14(11)21-15/h3-8,16H,1-2H3. The molecule has 1 heterocycles. The first kappa shape index (κ1) is 14.5. The summed E-state index contributed by atoms with van der Waals surface area (Å²) < 4.78 is 27.8. The summed E-state index contributed by atoms with van der Waals surface area (Å²) in [5.74, 6) is -0.448. The molecular weight excluding hydrogens is 310 g/mol. The van der Waals surface area contributed by atoms with Crippen LogP contribution in [0.15, 0.2) is 36.4 Å². The van der Waals surface area contributed by atoms with Crippen LogP contribution in [-0.4, -0.2) is 0 Å². The Bertz CT molecular complexity index is 800. The fourth-order valence-electron chi connectivity index (χ4n) is 2.44. The van der Waals surface area contributed by atoms with E-state index in [0.29, 0.717) is 11.1 Å². The SMILES string of the molecule is Cc1cc(C(Cl)c2cc3ccc(F)cc3s2)cc(C)c1F. The average molecular weight is 323 g/mol. The summed E-state index contributed by atoms with van der Waals surface area (Å²) in [5.41, 5.74) is 2.03. The average Bonchev–Trinajstić information content (AvgIpc) is 2.86. The van der Waals surface area contributed by atoms with Gasteiger partial charge in [-0.05, 0) is 54.1 Å². The van der Waals surface area contributed by atoms with E-state index in [1.807, 2.05) is 6.07 Å². The summed E-state index contributed by atoms with van der Waals surface area (Å²) in [6.07, 6.45) is 0. The zero-order chi connectivity index (χ0) is 15.1. The Kier molecular flexibility index (Phi) is 3.72. The molecule has 0 aliphatic carbocycles. The molecule has 0 amide bonds. The third-order valence-electron chi connectivity index (χ3n) is 3.50. The summed E-state index contributed by atoms with van der Waals surface area (Å²) >= 11 is 8.00. The van der Waals surface area contributed by atoms with Gasteiger partial charge in [-0.25, -0.2) is 8.78 Å². The fraction of sp³-hybridized carbons (Fsp3) is 0.176. The van der Waals surface area contributed by atoms with Crippen molar-refractivity contribution in [3.63, 3.8) is 0 Å². The lowest BCUT2D eigenvalue weighted by Gasteiger charge is -2.11. The van der Waals surface area contributed by atoms with Crippen LogP contribution in [0.25, 0.3) is 10.1 Å². The Morgan fingerprint density at radius 3 is 2.33 bits per heavy atom. The molecule has 0 radical (unpaired) electrons. The molecule has 21 heavy (non-hydrogen) atoms. The second-order valence-electron chi connectivity index (χ2n) is 5.16. The largest absolute Gasteiger partial charge is 0.207 e. The Balaban J connectivity index is 2.05. The predicted octanol–water partition coefficient (Wildman–Crippen LogP) is 6.12. The van der Waals surface area contributed by atoms with Crippen LogP contribution in [0.3, 0.4) is 0 Å². The summed E-state index contributed by atoms with van der Waals surface area (Å²) in [4.78, 5) is 0.933. The smallest absolute Gasteiger partial charge is 0.129 e. The molecule has 0 aliphatic rings. The maximum atomic E-state index is 13.7. The molecule has 0 aliphatic heterocycles. The molecule has 0 spiro atoms. The summed E-state index contributed by atoms with van der Waals surface area (Å²) in [6.45, 7) is 3.46. The number of fused-ring (bicyclic) bond motifs is 1. The van der Waals surface area contributed by atoms with E-state index in [-0.39, 0.29) is 17.0 Å². The normalized spacial score (nSPS) is 12.8. The number of hydrogen-bond acceptors (Lipinski definition) is 1. The maximum Gasteiger partial charge on any atom is 0.129 e. The third kappa shape index (κ3) is 2.68. The molecule has 1 atom stereocenters. The first-order valence-electron chi connectivity index (χ1n) is 6.55. The number of halogens is 3. The summed E-state index contributed by atoms with van der Waals surface area (Å²) in [6, 6.07) is 10.2. The van der Waals surface area contributed by atoms with Crippen LogP contribution < -0.4 is 0 Å². The van der Waals surface area contributed by atoms with Gasteiger partial charge in [0.25, 0.3) is 0 Å². The molecule has 2 aromatic carbocycles. The molecule has 0 nitrogen and oxygen atoms in total.